The number of carbonyl (C=O) groups is 2. The summed E-state index contributed by atoms with van der Waals surface area (Å²) in [6.07, 6.45) is -0.0248. The molecule has 0 aliphatic carbocycles. The van der Waals surface area contributed by atoms with Crippen molar-refractivity contribution in [1.29, 1.82) is 0 Å². The van der Waals surface area contributed by atoms with Crippen LogP contribution in [0.2, 0.25) is 0 Å². The number of aryl methyl sites for hydroxylation is 1. The van der Waals surface area contributed by atoms with Crippen molar-refractivity contribution in [3.63, 3.8) is 0 Å². The van der Waals surface area contributed by atoms with Crippen LogP contribution in [0.4, 0.5) is 0 Å². The lowest BCUT2D eigenvalue weighted by Crippen LogP contribution is -2.38. The molecule has 0 bridgehead atoms. The molecule has 0 heterocycles. The van der Waals surface area contributed by atoms with Gasteiger partial charge in [0.05, 0.1) is 0 Å². The maximum Gasteiger partial charge on any atom is 0.260 e. The van der Waals surface area contributed by atoms with Crippen molar-refractivity contribution in [3.8, 4) is 11.5 Å². The Balaban J connectivity index is 1.74. The Hall–Kier alpha value is -3.02. The molecule has 29 heavy (non-hydrogen) atoms. The van der Waals surface area contributed by atoms with Gasteiger partial charge in [0.1, 0.15) is 11.5 Å². The van der Waals surface area contributed by atoms with Crippen LogP contribution in [-0.4, -0.2) is 36.1 Å². The molecule has 0 fully saturated rings. The third-order valence-corrected chi connectivity index (χ3v) is 4.60. The van der Waals surface area contributed by atoms with Crippen LogP contribution in [0.15, 0.2) is 42.5 Å². The van der Waals surface area contributed by atoms with E-state index in [2.05, 4.69) is 30.5 Å². The molecule has 0 radical (unpaired) electrons. The van der Waals surface area contributed by atoms with Crippen LogP contribution >= 0.6 is 0 Å². The summed E-state index contributed by atoms with van der Waals surface area (Å²) in [5, 5.41) is 15.0. The number of carbonyl (C=O) groups excluding carboxylic acids is 2. The Morgan fingerprint density at radius 1 is 1.03 bits per heavy atom. The van der Waals surface area contributed by atoms with E-state index >= 15 is 0 Å². The Labute approximate surface area is 172 Å². The molecule has 156 valence electrons. The SMILES string of the molecule is Cc1ccc(C(C)C)cc1OC(C)C(=O)NCCCNC(=O)c1cccc(O)c1. The zero-order valence-corrected chi connectivity index (χ0v) is 17.5. The van der Waals surface area contributed by atoms with Crippen molar-refractivity contribution in [2.24, 2.45) is 0 Å². The predicted molar refractivity (Wildman–Crippen MR) is 113 cm³/mol. The highest BCUT2D eigenvalue weighted by Gasteiger charge is 2.16. The first-order chi connectivity index (χ1) is 13.8. The topological polar surface area (TPSA) is 87.7 Å². The summed E-state index contributed by atoms with van der Waals surface area (Å²) in [5.74, 6) is 0.700. The lowest BCUT2D eigenvalue weighted by atomic mass is 10.0. The second kappa shape index (κ2) is 10.5. The number of ether oxygens (including phenoxy) is 1. The largest absolute Gasteiger partial charge is 0.508 e. The number of hydrogen-bond donors (Lipinski definition) is 3. The maximum absolute atomic E-state index is 12.3. The number of aromatic hydroxyl groups is 1. The first kappa shape index (κ1) is 22.3. The lowest BCUT2D eigenvalue weighted by molar-refractivity contribution is -0.127. The minimum atomic E-state index is -0.613. The molecule has 0 aliphatic rings. The summed E-state index contributed by atoms with van der Waals surface area (Å²) < 4.78 is 5.86. The Bertz CT molecular complexity index is 849. The normalized spacial score (nSPS) is 11.8. The van der Waals surface area contributed by atoms with Crippen molar-refractivity contribution < 1.29 is 19.4 Å². The van der Waals surface area contributed by atoms with E-state index in [1.165, 1.54) is 17.7 Å². The molecule has 0 spiro atoms. The zero-order valence-electron chi connectivity index (χ0n) is 17.5. The second-order valence-corrected chi connectivity index (χ2v) is 7.39. The quantitative estimate of drug-likeness (QED) is 0.564. The first-order valence-corrected chi connectivity index (χ1v) is 9.90. The van der Waals surface area contributed by atoms with Crippen LogP contribution in [0.25, 0.3) is 0 Å². The van der Waals surface area contributed by atoms with Gasteiger partial charge in [-0.25, -0.2) is 0 Å². The number of phenolic OH excluding ortho intramolecular Hbond substituents is 1. The minimum absolute atomic E-state index is 0.0491. The summed E-state index contributed by atoms with van der Waals surface area (Å²) in [6.45, 7) is 8.75. The van der Waals surface area contributed by atoms with Crippen LogP contribution in [0.1, 0.15) is 54.6 Å². The van der Waals surface area contributed by atoms with E-state index in [1.807, 2.05) is 19.1 Å². The average molecular weight is 399 g/mol. The summed E-state index contributed by atoms with van der Waals surface area (Å²) >= 11 is 0. The summed E-state index contributed by atoms with van der Waals surface area (Å²) in [7, 11) is 0. The fourth-order valence-electron chi connectivity index (χ4n) is 2.74. The maximum atomic E-state index is 12.3. The number of benzene rings is 2. The molecular formula is C23H30N2O4. The Kier molecular flexibility index (Phi) is 8.07. The molecule has 2 aromatic carbocycles. The van der Waals surface area contributed by atoms with Crippen molar-refractivity contribution in [3.05, 3.63) is 59.2 Å². The van der Waals surface area contributed by atoms with Crippen LogP contribution < -0.4 is 15.4 Å². The molecule has 6 nitrogen and oxygen atoms in total. The van der Waals surface area contributed by atoms with Crippen LogP contribution in [-0.2, 0) is 4.79 Å². The van der Waals surface area contributed by atoms with E-state index in [4.69, 9.17) is 4.74 Å². The van der Waals surface area contributed by atoms with Gasteiger partial charge in [-0.3, -0.25) is 9.59 Å². The van der Waals surface area contributed by atoms with Gasteiger partial charge >= 0.3 is 0 Å². The van der Waals surface area contributed by atoms with E-state index in [9.17, 15) is 14.7 Å². The molecule has 3 N–H and O–H groups in total. The van der Waals surface area contributed by atoms with Crippen molar-refractivity contribution in [1.82, 2.24) is 10.6 Å². The highest BCUT2D eigenvalue weighted by atomic mass is 16.5. The van der Waals surface area contributed by atoms with Crippen molar-refractivity contribution >= 4 is 11.8 Å². The molecule has 0 saturated carbocycles. The molecule has 6 heteroatoms. The fourth-order valence-corrected chi connectivity index (χ4v) is 2.74. The Morgan fingerprint density at radius 2 is 1.76 bits per heavy atom. The first-order valence-electron chi connectivity index (χ1n) is 9.90. The van der Waals surface area contributed by atoms with Gasteiger partial charge in [-0.15, -0.1) is 0 Å². The van der Waals surface area contributed by atoms with E-state index in [0.29, 0.717) is 31.0 Å². The molecule has 0 aliphatic heterocycles. The molecule has 2 aromatic rings. The number of phenols is 1. The molecule has 1 unspecified atom stereocenters. The standard InChI is InChI=1S/C23H30N2O4/c1-15(2)18-10-9-16(3)21(14-18)29-17(4)22(27)24-11-6-12-25-23(28)19-7-5-8-20(26)13-19/h5,7-10,13-15,17,26H,6,11-12H2,1-4H3,(H,24,27)(H,25,28). The zero-order chi connectivity index (χ0) is 21.4. The second-order valence-electron chi connectivity index (χ2n) is 7.39. The number of hydrogen-bond acceptors (Lipinski definition) is 4. The average Bonchev–Trinajstić information content (AvgIpc) is 2.68. The van der Waals surface area contributed by atoms with E-state index in [-0.39, 0.29) is 17.6 Å². The van der Waals surface area contributed by atoms with E-state index < -0.39 is 6.10 Å². The number of rotatable bonds is 9. The highest BCUT2D eigenvalue weighted by molar-refractivity contribution is 5.94. The van der Waals surface area contributed by atoms with E-state index in [0.717, 1.165) is 11.3 Å². The summed E-state index contributed by atoms with van der Waals surface area (Å²) in [5.41, 5.74) is 2.56. The van der Waals surface area contributed by atoms with Crippen molar-refractivity contribution in [2.75, 3.05) is 13.1 Å². The molecule has 0 aromatic heterocycles. The summed E-state index contributed by atoms with van der Waals surface area (Å²) in [6, 6.07) is 12.2. The van der Waals surface area contributed by atoms with Gasteiger partial charge in [0.15, 0.2) is 6.10 Å². The van der Waals surface area contributed by atoms with Crippen LogP contribution in [0, 0.1) is 6.92 Å². The predicted octanol–water partition coefficient (Wildman–Crippen LogP) is 3.53. The van der Waals surface area contributed by atoms with Gasteiger partial charge in [0, 0.05) is 18.7 Å². The lowest BCUT2D eigenvalue weighted by Gasteiger charge is -2.18. The smallest absolute Gasteiger partial charge is 0.260 e. The monoisotopic (exact) mass is 398 g/mol. The van der Waals surface area contributed by atoms with Gasteiger partial charge in [-0.1, -0.05) is 32.0 Å². The fraction of sp³-hybridized carbons (Fsp3) is 0.391. The van der Waals surface area contributed by atoms with Gasteiger partial charge in [0.2, 0.25) is 0 Å². The molecule has 0 saturated heterocycles. The van der Waals surface area contributed by atoms with E-state index in [1.54, 1.807) is 19.1 Å². The van der Waals surface area contributed by atoms with Crippen LogP contribution in [0.5, 0.6) is 11.5 Å². The van der Waals surface area contributed by atoms with Gasteiger partial charge in [-0.2, -0.15) is 0 Å². The molecular weight excluding hydrogens is 368 g/mol. The molecule has 2 rings (SSSR count). The third kappa shape index (κ3) is 6.82. The van der Waals surface area contributed by atoms with Gasteiger partial charge < -0.3 is 20.5 Å². The van der Waals surface area contributed by atoms with Crippen LogP contribution in [0.3, 0.4) is 0 Å². The molecule has 2 amide bonds. The number of nitrogens with one attached hydrogen (secondary N) is 2. The Morgan fingerprint density at radius 3 is 2.45 bits per heavy atom. The highest BCUT2D eigenvalue weighted by Crippen LogP contribution is 2.25. The molecule has 1 atom stereocenters. The number of amides is 2. The minimum Gasteiger partial charge on any atom is -0.508 e. The van der Waals surface area contributed by atoms with Gasteiger partial charge in [-0.05, 0) is 61.6 Å². The van der Waals surface area contributed by atoms with Crippen molar-refractivity contribution in [2.45, 2.75) is 46.1 Å². The third-order valence-electron chi connectivity index (χ3n) is 4.60. The summed E-state index contributed by atoms with van der Waals surface area (Å²) in [4.78, 5) is 24.3. The van der Waals surface area contributed by atoms with Gasteiger partial charge in [0.25, 0.3) is 11.8 Å².